The maximum Gasteiger partial charge on any atom is 0.337 e. The molecule has 1 aromatic carbocycles. The number of ether oxygens (including phenoxy) is 2. The van der Waals surface area contributed by atoms with Crippen molar-refractivity contribution >= 4 is 11.9 Å². The van der Waals surface area contributed by atoms with Crippen LogP contribution in [-0.4, -0.2) is 19.0 Å². The minimum Gasteiger partial charge on any atom is -0.465 e. The largest absolute Gasteiger partial charge is 0.465 e. The lowest BCUT2D eigenvalue weighted by Crippen LogP contribution is -2.03. The Morgan fingerprint density at radius 3 is 2.50 bits per heavy atom. The van der Waals surface area contributed by atoms with E-state index in [1.165, 1.54) is 32.2 Å². The lowest BCUT2D eigenvalue weighted by molar-refractivity contribution is -0.131. The first-order valence-electron chi connectivity index (χ1n) is 3.92. The summed E-state index contributed by atoms with van der Waals surface area (Å²) >= 11 is 0. The van der Waals surface area contributed by atoms with E-state index >= 15 is 0 Å². The Morgan fingerprint density at radius 1 is 1.36 bits per heavy atom. The van der Waals surface area contributed by atoms with E-state index in [0.717, 1.165) is 0 Å². The third-order valence-corrected chi connectivity index (χ3v) is 1.46. The van der Waals surface area contributed by atoms with E-state index in [0.29, 0.717) is 5.56 Å². The molecule has 0 unspecified atom stereocenters. The van der Waals surface area contributed by atoms with Gasteiger partial charge in [-0.15, -0.1) is 0 Å². The highest BCUT2D eigenvalue weighted by Crippen LogP contribution is 2.11. The van der Waals surface area contributed by atoms with Gasteiger partial charge in [0, 0.05) is 13.0 Å². The van der Waals surface area contributed by atoms with Gasteiger partial charge in [0.25, 0.3) is 0 Å². The summed E-state index contributed by atoms with van der Waals surface area (Å²) in [5, 5.41) is 0. The van der Waals surface area contributed by atoms with Crippen molar-refractivity contribution in [2.24, 2.45) is 0 Å². The maximum atomic E-state index is 11.0. The SMILES string of the molecule is COC(=O)c1c[c]c(OC(C)=O)cc1. The van der Waals surface area contributed by atoms with E-state index in [2.05, 4.69) is 10.8 Å². The fourth-order valence-electron chi connectivity index (χ4n) is 0.874. The monoisotopic (exact) mass is 193 g/mol. The first kappa shape index (κ1) is 10.2. The molecule has 1 rings (SSSR count). The first-order valence-corrected chi connectivity index (χ1v) is 3.92. The van der Waals surface area contributed by atoms with E-state index < -0.39 is 11.9 Å². The van der Waals surface area contributed by atoms with Crippen LogP contribution in [0.3, 0.4) is 0 Å². The maximum absolute atomic E-state index is 11.0. The Labute approximate surface area is 81.4 Å². The molecule has 1 radical (unpaired) electrons. The summed E-state index contributed by atoms with van der Waals surface area (Å²) in [7, 11) is 1.29. The lowest BCUT2D eigenvalue weighted by Gasteiger charge is -2.01. The molecule has 0 aliphatic rings. The van der Waals surface area contributed by atoms with Crippen LogP contribution >= 0.6 is 0 Å². The second kappa shape index (κ2) is 4.41. The van der Waals surface area contributed by atoms with Gasteiger partial charge in [0.1, 0.15) is 5.75 Å². The second-order valence-corrected chi connectivity index (χ2v) is 2.53. The number of carbonyl (C=O) groups excluding carboxylic acids is 2. The van der Waals surface area contributed by atoms with Crippen LogP contribution in [0.25, 0.3) is 0 Å². The third kappa shape index (κ3) is 2.58. The van der Waals surface area contributed by atoms with E-state index in [1.54, 1.807) is 0 Å². The van der Waals surface area contributed by atoms with Crippen LogP contribution in [-0.2, 0) is 9.53 Å². The van der Waals surface area contributed by atoms with E-state index in [9.17, 15) is 9.59 Å². The molecule has 14 heavy (non-hydrogen) atoms. The summed E-state index contributed by atoms with van der Waals surface area (Å²) in [6.45, 7) is 1.29. The fourth-order valence-corrected chi connectivity index (χ4v) is 0.874. The van der Waals surface area contributed by atoms with Crippen LogP contribution < -0.4 is 4.74 Å². The molecule has 4 heteroatoms. The van der Waals surface area contributed by atoms with Gasteiger partial charge < -0.3 is 9.47 Å². The first-order chi connectivity index (χ1) is 6.63. The van der Waals surface area contributed by atoms with Gasteiger partial charge in [-0.05, 0) is 18.2 Å². The lowest BCUT2D eigenvalue weighted by atomic mass is 10.2. The quantitative estimate of drug-likeness (QED) is 0.523. The van der Waals surface area contributed by atoms with Crippen LogP contribution in [0.15, 0.2) is 18.2 Å². The van der Waals surface area contributed by atoms with Gasteiger partial charge in [0.15, 0.2) is 0 Å². The van der Waals surface area contributed by atoms with Crippen molar-refractivity contribution in [1.29, 1.82) is 0 Å². The molecule has 4 nitrogen and oxygen atoms in total. The fraction of sp³-hybridized carbons (Fsp3) is 0.200. The van der Waals surface area contributed by atoms with Crippen molar-refractivity contribution in [3.8, 4) is 5.75 Å². The number of benzene rings is 1. The molecule has 0 heterocycles. The number of rotatable bonds is 2. The van der Waals surface area contributed by atoms with Crippen LogP contribution in [0.5, 0.6) is 5.75 Å². The van der Waals surface area contributed by atoms with Crippen molar-refractivity contribution in [3.05, 3.63) is 29.8 Å². The molecular weight excluding hydrogens is 184 g/mol. The predicted octanol–water partition coefficient (Wildman–Crippen LogP) is 1.20. The van der Waals surface area contributed by atoms with Gasteiger partial charge >= 0.3 is 11.9 Å². The predicted molar refractivity (Wildman–Crippen MR) is 47.9 cm³/mol. The van der Waals surface area contributed by atoms with Crippen molar-refractivity contribution in [3.63, 3.8) is 0 Å². The number of carbonyl (C=O) groups is 2. The molecule has 0 saturated heterocycles. The van der Waals surface area contributed by atoms with Crippen molar-refractivity contribution < 1.29 is 19.1 Å². The van der Waals surface area contributed by atoms with Gasteiger partial charge in [-0.1, -0.05) is 0 Å². The topological polar surface area (TPSA) is 52.6 Å². The molecule has 0 fully saturated rings. The normalized spacial score (nSPS) is 9.29. The van der Waals surface area contributed by atoms with Gasteiger partial charge in [-0.3, -0.25) is 4.79 Å². The number of methoxy groups -OCH3 is 1. The van der Waals surface area contributed by atoms with Gasteiger partial charge in [-0.25, -0.2) is 4.79 Å². The standard InChI is InChI=1S/C10H9O4/c1-7(11)14-9-5-3-8(4-6-9)10(12)13-2/h3-5H,1-2H3. The Hall–Kier alpha value is -1.84. The molecule has 0 aromatic heterocycles. The van der Waals surface area contributed by atoms with Gasteiger partial charge in [0.05, 0.1) is 12.7 Å². The third-order valence-electron chi connectivity index (χ3n) is 1.46. The summed E-state index contributed by atoms with van der Waals surface area (Å²) in [6, 6.07) is 7.03. The number of hydrogen-bond donors (Lipinski definition) is 0. The zero-order valence-electron chi connectivity index (χ0n) is 7.87. The summed E-state index contributed by atoms with van der Waals surface area (Å²) in [5.74, 6) is -0.590. The molecule has 0 spiro atoms. The Balaban J connectivity index is 2.78. The Kier molecular flexibility index (Phi) is 3.23. The molecule has 0 saturated carbocycles. The summed E-state index contributed by atoms with van der Waals surface area (Å²) in [4.78, 5) is 21.6. The number of esters is 2. The van der Waals surface area contributed by atoms with Crippen molar-refractivity contribution in [2.45, 2.75) is 6.92 Å². The molecule has 0 atom stereocenters. The van der Waals surface area contributed by atoms with E-state index in [4.69, 9.17) is 4.74 Å². The summed E-state index contributed by atoms with van der Waals surface area (Å²) < 4.78 is 9.23. The molecule has 0 amide bonds. The van der Waals surface area contributed by atoms with Crippen molar-refractivity contribution in [1.82, 2.24) is 0 Å². The Bertz CT molecular complexity index is 340. The minimum atomic E-state index is -0.448. The summed E-state index contributed by atoms with van der Waals surface area (Å²) in [6.07, 6.45) is 0. The molecule has 0 aliphatic carbocycles. The van der Waals surface area contributed by atoms with Crippen molar-refractivity contribution in [2.75, 3.05) is 7.11 Å². The summed E-state index contributed by atoms with van der Waals surface area (Å²) in [5.41, 5.74) is 0.364. The molecule has 0 N–H and O–H groups in total. The Morgan fingerprint density at radius 2 is 2.07 bits per heavy atom. The highest BCUT2D eigenvalue weighted by atomic mass is 16.5. The molecule has 73 valence electrons. The zero-order valence-corrected chi connectivity index (χ0v) is 7.87. The smallest absolute Gasteiger partial charge is 0.337 e. The van der Waals surface area contributed by atoms with Gasteiger partial charge in [-0.2, -0.15) is 0 Å². The second-order valence-electron chi connectivity index (χ2n) is 2.53. The van der Waals surface area contributed by atoms with Crippen LogP contribution in [0, 0.1) is 6.07 Å². The zero-order chi connectivity index (χ0) is 10.6. The molecule has 1 aromatic rings. The number of hydrogen-bond acceptors (Lipinski definition) is 4. The van der Waals surface area contributed by atoms with Crippen LogP contribution in [0.1, 0.15) is 17.3 Å². The highest BCUT2D eigenvalue weighted by Gasteiger charge is 2.05. The minimum absolute atomic E-state index is 0.283. The highest BCUT2D eigenvalue weighted by molar-refractivity contribution is 5.89. The molecule has 0 bridgehead atoms. The van der Waals surface area contributed by atoms with Crippen LogP contribution in [0.2, 0.25) is 0 Å². The van der Waals surface area contributed by atoms with E-state index in [1.807, 2.05) is 0 Å². The molecular formula is C10H9O4. The average molecular weight is 193 g/mol. The van der Waals surface area contributed by atoms with Crippen LogP contribution in [0.4, 0.5) is 0 Å². The average Bonchev–Trinajstić information content (AvgIpc) is 2.17. The molecule has 0 aliphatic heterocycles. The van der Waals surface area contributed by atoms with Gasteiger partial charge in [0.2, 0.25) is 0 Å². The van der Waals surface area contributed by atoms with E-state index in [-0.39, 0.29) is 5.75 Å².